The number of methoxy groups -OCH3 is 1. The smallest absolute Gasteiger partial charge is 0.338 e. The molecule has 88 valence electrons. The van der Waals surface area contributed by atoms with Crippen LogP contribution in [0.2, 0.25) is 0 Å². The highest BCUT2D eigenvalue weighted by Crippen LogP contribution is 2.23. The molecule has 1 aromatic carbocycles. The van der Waals surface area contributed by atoms with Gasteiger partial charge in [0, 0.05) is 5.56 Å². The maximum absolute atomic E-state index is 11.5. The molecule has 0 aliphatic rings. The Kier molecular flexibility index (Phi) is 4.83. The number of phenolic OH excluding ortho intramolecular Hbond substituents is 1. The summed E-state index contributed by atoms with van der Waals surface area (Å²) in [6, 6.07) is 4.95. The second kappa shape index (κ2) is 6.16. The number of esters is 1. The van der Waals surface area contributed by atoms with E-state index in [0.717, 1.165) is 19.3 Å². The van der Waals surface area contributed by atoms with Gasteiger partial charge < -0.3 is 9.84 Å². The minimum absolute atomic E-state index is 0.180. The Morgan fingerprint density at radius 2 is 2.12 bits per heavy atom. The largest absolute Gasteiger partial charge is 0.508 e. The molecular formula is C13H18O3. The van der Waals surface area contributed by atoms with E-state index in [0.29, 0.717) is 17.5 Å². The lowest BCUT2D eigenvalue weighted by Gasteiger charge is -2.09. The molecule has 0 aliphatic carbocycles. The minimum Gasteiger partial charge on any atom is -0.508 e. The number of carbonyl (C=O) groups is 1. The minimum atomic E-state index is -0.387. The summed E-state index contributed by atoms with van der Waals surface area (Å²) in [7, 11) is 1.35. The van der Waals surface area contributed by atoms with Crippen molar-refractivity contribution >= 4 is 5.97 Å². The van der Waals surface area contributed by atoms with Crippen molar-refractivity contribution in [3.05, 3.63) is 29.3 Å². The maximum atomic E-state index is 11.5. The molecular weight excluding hydrogens is 204 g/mol. The third-order valence-corrected chi connectivity index (χ3v) is 2.59. The van der Waals surface area contributed by atoms with Crippen molar-refractivity contribution in [1.29, 1.82) is 0 Å². The summed E-state index contributed by atoms with van der Waals surface area (Å²) in [6.45, 7) is 2.12. The van der Waals surface area contributed by atoms with Crippen LogP contribution in [0.3, 0.4) is 0 Å². The first-order chi connectivity index (χ1) is 7.70. The lowest BCUT2D eigenvalue weighted by Crippen LogP contribution is -2.06. The second-order valence-electron chi connectivity index (χ2n) is 3.75. The molecule has 0 saturated carbocycles. The molecule has 0 radical (unpaired) electrons. The third kappa shape index (κ3) is 2.99. The molecule has 0 saturated heterocycles. The number of ether oxygens (including phenoxy) is 1. The van der Waals surface area contributed by atoms with Crippen LogP contribution in [-0.2, 0) is 11.2 Å². The quantitative estimate of drug-likeness (QED) is 0.615. The van der Waals surface area contributed by atoms with Crippen molar-refractivity contribution in [2.75, 3.05) is 7.11 Å². The van der Waals surface area contributed by atoms with Crippen LogP contribution in [-0.4, -0.2) is 18.2 Å². The number of phenols is 1. The first kappa shape index (κ1) is 12.6. The number of rotatable bonds is 5. The summed E-state index contributed by atoms with van der Waals surface area (Å²) in [5.41, 5.74) is 1.17. The van der Waals surface area contributed by atoms with Gasteiger partial charge in [0.25, 0.3) is 0 Å². The average molecular weight is 222 g/mol. The van der Waals surface area contributed by atoms with Crippen molar-refractivity contribution in [3.63, 3.8) is 0 Å². The summed E-state index contributed by atoms with van der Waals surface area (Å²) >= 11 is 0. The van der Waals surface area contributed by atoms with Crippen molar-refractivity contribution in [2.24, 2.45) is 0 Å². The van der Waals surface area contributed by atoms with E-state index < -0.39 is 0 Å². The van der Waals surface area contributed by atoms with E-state index in [1.165, 1.54) is 7.11 Å². The average Bonchev–Trinajstić information content (AvgIpc) is 2.30. The highest BCUT2D eigenvalue weighted by Gasteiger charge is 2.14. The summed E-state index contributed by atoms with van der Waals surface area (Å²) in [5.74, 6) is -0.207. The van der Waals surface area contributed by atoms with Gasteiger partial charge in [-0.15, -0.1) is 0 Å². The van der Waals surface area contributed by atoms with Gasteiger partial charge >= 0.3 is 5.97 Å². The number of unbranched alkanes of at least 4 members (excludes halogenated alkanes) is 2. The zero-order chi connectivity index (χ0) is 12.0. The van der Waals surface area contributed by atoms with E-state index in [2.05, 4.69) is 11.7 Å². The summed E-state index contributed by atoms with van der Waals surface area (Å²) in [5, 5.41) is 9.73. The number of aromatic hydroxyl groups is 1. The van der Waals surface area contributed by atoms with Gasteiger partial charge in [0.2, 0.25) is 0 Å². The molecule has 0 bridgehead atoms. The second-order valence-corrected chi connectivity index (χ2v) is 3.75. The lowest BCUT2D eigenvalue weighted by atomic mass is 10.0. The molecule has 0 aliphatic heterocycles. The lowest BCUT2D eigenvalue weighted by molar-refractivity contribution is 0.0599. The first-order valence-corrected chi connectivity index (χ1v) is 5.59. The van der Waals surface area contributed by atoms with Gasteiger partial charge in [-0.3, -0.25) is 0 Å². The van der Waals surface area contributed by atoms with Crippen molar-refractivity contribution in [3.8, 4) is 5.75 Å². The molecule has 3 nitrogen and oxygen atoms in total. The molecule has 1 rings (SSSR count). The Labute approximate surface area is 96.1 Å². The molecule has 0 amide bonds. The Morgan fingerprint density at radius 1 is 1.38 bits per heavy atom. The number of hydrogen-bond donors (Lipinski definition) is 1. The van der Waals surface area contributed by atoms with Crippen molar-refractivity contribution in [1.82, 2.24) is 0 Å². The van der Waals surface area contributed by atoms with Crippen molar-refractivity contribution in [2.45, 2.75) is 32.6 Å². The highest BCUT2D eigenvalue weighted by molar-refractivity contribution is 5.91. The molecule has 1 N–H and O–H groups in total. The first-order valence-electron chi connectivity index (χ1n) is 5.59. The van der Waals surface area contributed by atoms with E-state index >= 15 is 0 Å². The number of carbonyl (C=O) groups excluding carboxylic acids is 1. The van der Waals surface area contributed by atoms with E-state index in [1.54, 1.807) is 18.2 Å². The van der Waals surface area contributed by atoms with E-state index in [1.807, 2.05) is 0 Å². The standard InChI is InChI=1S/C13H18O3/c1-3-4-5-7-10-11(13(15)16-2)8-6-9-12(10)14/h6,8-9,14H,3-5,7H2,1-2H3. The molecule has 3 heteroatoms. The summed E-state index contributed by atoms with van der Waals surface area (Å²) in [4.78, 5) is 11.5. The Morgan fingerprint density at radius 3 is 2.75 bits per heavy atom. The van der Waals surface area contributed by atoms with Crippen LogP contribution in [0.4, 0.5) is 0 Å². The molecule has 0 unspecified atom stereocenters. The summed E-state index contributed by atoms with van der Waals surface area (Å²) in [6.07, 6.45) is 3.89. The van der Waals surface area contributed by atoms with Gasteiger partial charge in [0.05, 0.1) is 12.7 Å². The number of hydrogen-bond acceptors (Lipinski definition) is 3. The molecule has 0 heterocycles. The molecule has 0 aromatic heterocycles. The van der Waals surface area contributed by atoms with Crippen LogP contribution in [0.15, 0.2) is 18.2 Å². The van der Waals surface area contributed by atoms with Crippen LogP contribution in [0.25, 0.3) is 0 Å². The molecule has 0 fully saturated rings. The fraction of sp³-hybridized carbons (Fsp3) is 0.462. The Bertz CT molecular complexity index is 358. The van der Waals surface area contributed by atoms with E-state index in [4.69, 9.17) is 0 Å². The van der Waals surface area contributed by atoms with Crippen LogP contribution in [0.1, 0.15) is 42.1 Å². The predicted molar refractivity (Wildman–Crippen MR) is 62.7 cm³/mol. The highest BCUT2D eigenvalue weighted by atomic mass is 16.5. The third-order valence-electron chi connectivity index (χ3n) is 2.59. The Balaban J connectivity index is 2.90. The van der Waals surface area contributed by atoms with Crippen LogP contribution in [0.5, 0.6) is 5.75 Å². The van der Waals surface area contributed by atoms with Gasteiger partial charge in [-0.2, -0.15) is 0 Å². The molecule has 0 atom stereocenters. The SMILES string of the molecule is CCCCCc1c(O)cccc1C(=O)OC. The van der Waals surface area contributed by atoms with Gasteiger partial charge in [-0.1, -0.05) is 25.8 Å². The van der Waals surface area contributed by atoms with Crippen LogP contribution < -0.4 is 0 Å². The van der Waals surface area contributed by atoms with Crippen molar-refractivity contribution < 1.29 is 14.6 Å². The van der Waals surface area contributed by atoms with Gasteiger partial charge in [-0.25, -0.2) is 4.79 Å². The summed E-state index contributed by atoms with van der Waals surface area (Å²) < 4.78 is 4.69. The topological polar surface area (TPSA) is 46.5 Å². The van der Waals surface area contributed by atoms with E-state index in [-0.39, 0.29) is 11.7 Å². The van der Waals surface area contributed by atoms with Gasteiger partial charge in [0.15, 0.2) is 0 Å². The van der Waals surface area contributed by atoms with Crippen LogP contribution in [0, 0.1) is 0 Å². The van der Waals surface area contributed by atoms with Gasteiger partial charge in [0.1, 0.15) is 5.75 Å². The predicted octanol–water partition coefficient (Wildman–Crippen LogP) is 2.91. The van der Waals surface area contributed by atoms with E-state index in [9.17, 15) is 9.90 Å². The molecule has 1 aromatic rings. The fourth-order valence-electron chi connectivity index (χ4n) is 1.69. The molecule has 0 spiro atoms. The Hall–Kier alpha value is -1.51. The van der Waals surface area contributed by atoms with Gasteiger partial charge in [-0.05, 0) is 25.0 Å². The molecule has 16 heavy (non-hydrogen) atoms. The monoisotopic (exact) mass is 222 g/mol. The number of benzene rings is 1. The zero-order valence-electron chi connectivity index (χ0n) is 9.82. The zero-order valence-corrected chi connectivity index (χ0v) is 9.82. The normalized spacial score (nSPS) is 10.1. The fourth-order valence-corrected chi connectivity index (χ4v) is 1.69. The maximum Gasteiger partial charge on any atom is 0.338 e. The van der Waals surface area contributed by atoms with Crippen LogP contribution >= 0.6 is 0 Å².